The molecule has 3 aromatic carbocycles. The smallest absolute Gasteiger partial charge is 0.330 e. The predicted octanol–water partition coefficient (Wildman–Crippen LogP) is 4.87. The number of ether oxygens (including phenoxy) is 5. The summed E-state index contributed by atoms with van der Waals surface area (Å²) in [5.74, 6) is 3.48. The molecular formula is C37H38N2O8. The molecule has 0 amide bonds. The van der Waals surface area contributed by atoms with E-state index in [1.807, 2.05) is 78.9 Å². The first kappa shape index (κ1) is 33.3. The highest BCUT2D eigenvalue weighted by molar-refractivity contribution is 5.69. The molecule has 0 unspecified atom stereocenters. The molecule has 1 N–H and O–H groups in total. The van der Waals surface area contributed by atoms with Crippen molar-refractivity contribution in [1.29, 1.82) is 0 Å². The Morgan fingerprint density at radius 2 is 1.55 bits per heavy atom. The number of aromatic nitrogens is 2. The SMILES string of the molecule is C#CCCCC(=O)O[C@H]1C[C@H](n2cc(C)c(=O)[nH]c2=O)O[C@@H]1COC(c1ccccc1)(c1ccc(OC)cc1)c1ccc(OC)cc1. The van der Waals surface area contributed by atoms with Crippen LogP contribution in [0.2, 0.25) is 0 Å². The minimum Gasteiger partial charge on any atom is -0.497 e. The molecule has 10 nitrogen and oxygen atoms in total. The zero-order valence-corrected chi connectivity index (χ0v) is 26.6. The fourth-order valence-corrected chi connectivity index (χ4v) is 5.79. The molecule has 47 heavy (non-hydrogen) atoms. The van der Waals surface area contributed by atoms with Crippen LogP contribution in [0.25, 0.3) is 0 Å². The monoisotopic (exact) mass is 638 g/mol. The zero-order valence-electron chi connectivity index (χ0n) is 26.6. The van der Waals surface area contributed by atoms with E-state index in [4.69, 9.17) is 30.1 Å². The summed E-state index contributed by atoms with van der Waals surface area (Å²) in [5.41, 5.74) is 0.583. The number of nitrogens with one attached hydrogen (secondary N) is 1. The van der Waals surface area contributed by atoms with E-state index >= 15 is 0 Å². The van der Waals surface area contributed by atoms with Crippen LogP contribution in [0.5, 0.6) is 11.5 Å². The summed E-state index contributed by atoms with van der Waals surface area (Å²) in [6.45, 7) is 1.58. The van der Waals surface area contributed by atoms with Gasteiger partial charge in [0, 0.05) is 31.0 Å². The zero-order chi connectivity index (χ0) is 33.4. The quantitative estimate of drug-likeness (QED) is 0.0954. The maximum absolute atomic E-state index is 12.9. The molecule has 1 fully saturated rings. The Kier molecular flexibility index (Phi) is 10.6. The van der Waals surface area contributed by atoms with Crippen molar-refractivity contribution in [1.82, 2.24) is 9.55 Å². The van der Waals surface area contributed by atoms with E-state index < -0.39 is 41.3 Å². The number of benzene rings is 3. The van der Waals surface area contributed by atoms with Crippen molar-refractivity contribution in [3.63, 3.8) is 0 Å². The number of unbranched alkanes of at least 4 members (excludes halogenated alkanes) is 1. The number of esters is 1. The Hall–Kier alpha value is -5.11. The maximum atomic E-state index is 12.9. The molecular weight excluding hydrogens is 600 g/mol. The van der Waals surface area contributed by atoms with E-state index in [0.717, 1.165) is 16.7 Å². The first-order chi connectivity index (χ1) is 22.8. The van der Waals surface area contributed by atoms with Gasteiger partial charge in [0.2, 0.25) is 0 Å². The Labute approximate surface area is 273 Å². The second kappa shape index (κ2) is 15.0. The Balaban J connectivity index is 1.55. The van der Waals surface area contributed by atoms with Crippen molar-refractivity contribution in [2.45, 2.75) is 56.6 Å². The van der Waals surface area contributed by atoms with Crippen molar-refractivity contribution in [2.24, 2.45) is 0 Å². The number of terminal acetylenes is 1. The molecule has 3 atom stereocenters. The minimum atomic E-state index is -1.14. The second-order valence-electron chi connectivity index (χ2n) is 11.2. The van der Waals surface area contributed by atoms with Crippen molar-refractivity contribution in [3.05, 3.63) is 128 Å². The number of rotatable bonds is 13. The van der Waals surface area contributed by atoms with Crippen LogP contribution < -0.4 is 20.7 Å². The van der Waals surface area contributed by atoms with Crippen LogP contribution in [-0.2, 0) is 24.6 Å². The van der Waals surface area contributed by atoms with Crippen molar-refractivity contribution in [3.8, 4) is 23.8 Å². The lowest BCUT2D eigenvalue weighted by Gasteiger charge is -2.37. The number of carbonyl (C=O) groups excluding carboxylic acids is 1. The average molecular weight is 639 g/mol. The number of aryl methyl sites for hydroxylation is 1. The highest BCUT2D eigenvalue weighted by Crippen LogP contribution is 2.43. The summed E-state index contributed by atoms with van der Waals surface area (Å²) < 4.78 is 31.5. The van der Waals surface area contributed by atoms with Gasteiger partial charge in [0.25, 0.3) is 5.56 Å². The average Bonchev–Trinajstić information content (AvgIpc) is 3.49. The number of aromatic amines is 1. The van der Waals surface area contributed by atoms with Gasteiger partial charge in [0.05, 0.1) is 20.8 Å². The lowest BCUT2D eigenvalue weighted by Crippen LogP contribution is -2.39. The van der Waals surface area contributed by atoms with Crippen LogP contribution in [0, 0.1) is 19.3 Å². The van der Waals surface area contributed by atoms with Gasteiger partial charge >= 0.3 is 11.7 Å². The highest BCUT2D eigenvalue weighted by atomic mass is 16.6. The minimum absolute atomic E-state index is 0.0250. The summed E-state index contributed by atoms with van der Waals surface area (Å²) in [7, 11) is 3.22. The molecule has 2 heterocycles. The molecule has 244 valence electrons. The Morgan fingerprint density at radius 1 is 0.957 bits per heavy atom. The van der Waals surface area contributed by atoms with Crippen molar-refractivity contribution < 1.29 is 28.5 Å². The van der Waals surface area contributed by atoms with E-state index in [2.05, 4.69) is 10.9 Å². The predicted molar refractivity (Wildman–Crippen MR) is 175 cm³/mol. The summed E-state index contributed by atoms with van der Waals surface area (Å²) in [6, 6.07) is 25.0. The maximum Gasteiger partial charge on any atom is 0.330 e. The van der Waals surface area contributed by atoms with Crippen molar-refractivity contribution in [2.75, 3.05) is 20.8 Å². The van der Waals surface area contributed by atoms with E-state index in [1.165, 1.54) is 10.8 Å². The van der Waals surface area contributed by atoms with Crippen LogP contribution in [0.1, 0.15) is 54.2 Å². The molecule has 0 aliphatic carbocycles. The first-order valence-electron chi connectivity index (χ1n) is 15.4. The molecule has 4 aromatic rings. The number of carbonyl (C=O) groups is 1. The van der Waals surface area contributed by atoms with E-state index in [-0.39, 0.29) is 19.4 Å². The molecule has 0 spiro atoms. The van der Waals surface area contributed by atoms with Gasteiger partial charge in [-0.25, -0.2) is 4.79 Å². The van der Waals surface area contributed by atoms with Gasteiger partial charge in [0.15, 0.2) is 0 Å². The van der Waals surface area contributed by atoms with Crippen LogP contribution in [-0.4, -0.2) is 48.6 Å². The van der Waals surface area contributed by atoms with Gasteiger partial charge in [-0.15, -0.1) is 12.3 Å². The molecule has 1 aliphatic heterocycles. The summed E-state index contributed by atoms with van der Waals surface area (Å²) in [4.78, 5) is 40.1. The number of H-pyrrole nitrogens is 1. The first-order valence-corrected chi connectivity index (χ1v) is 15.4. The molecule has 5 rings (SSSR count). The molecule has 0 saturated carbocycles. The largest absolute Gasteiger partial charge is 0.497 e. The summed E-state index contributed by atoms with van der Waals surface area (Å²) >= 11 is 0. The van der Waals surface area contributed by atoms with Gasteiger partial charge < -0.3 is 23.7 Å². The molecule has 1 aromatic heterocycles. The van der Waals surface area contributed by atoms with Gasteiger partial charge in [-0.05, 0) is 54.3 Å². The van der Waals surface area contributed by atoms with Crippen LogP contribution in [0.15, 0.2) is 94.6 Å². The van der Waals surface area contributed by atoms with Crippen LogP contribution in [0.4, 0.5) is 0 Å². The standard InChI is InChI=1S/C37H38N2O8/c1-5-6-8-13-34(40)47-31-22-33(39-23-25(2)35(41)38-36(39)42)46-32(31)24-45-37(26-11-9-7-10-12-26,27-14-18-29(43-3)19-15-27)28-16-20-30(44-4)21-17-28/h1,7,9-12,14-21,23,31-33H,6,8,13,22,24H2,2-4H3,(H,38,41,42)/t31-,32+,33+/m0/s1. The fourth-order valence-electron chi connectivity index (χ4n) is 5.79. The van der Waals surface area contributed by atoms with Gasteiger partial charge in [0.1, 0.15) is 35.5 Å². The third-order valence-corrected chi connectivity index (χ3v) is 8.26. The lowest BCUT2D eigenvalue weighted by atomic mass is 9.80. The van der Waals surface area contributed by atoms with Crippen LogP contribution >= 0.6 is 0 Å². The van der Waals surface area contributed by atoms with Crippen molar-refractivity contribution >= 4 is 5.97 Å². The molecule has 0 radical (unpaired) electrons. The lowest BCUT2D eigenvalue weighted by molar-refractivity contribution is -0.156. The fraction of sp³-hybridized carbons (Fsp3) is 0.324. The second-order valence-corrected chi connectivity index (χ2v) is 11.2. The number of hydrogen-bond acceptors (Lipinski definition) is 8. The number of methoxy groups -OCH3 is 2. The highest BCUT2D eigenvalue weighted by Gasteiger charge is 2.44. The Morgan fingerprint density at radius 3 is 2.13 bits per heavy atom. The number of nitrogens with zero attached hydrogens (tertiary/aromatic N) is 1. The third kappa shape index (κ3) is 7.32. The molecule has 1 saturated heterocycles. The number of hydrogen-bond donors (Lipinski definition) is 1. The van der Waals surface area contributed by atoms with Crippen LogP contribution in [0.3, 0.4) is 0 Å². The Bertz CT molecular complexity index is 1760. The summed E-state index contributed by atoms with van der Waals surface area (Å²) in [5, 5.41) is 0. The van der Waals surface area contributed by atoms with Gasteiger partial charge in [-0.3, -0.25) is 19.1 Å². The van der Waals surface area contributed by atoms with E-state index in [9.17, 15) is 14.4 Å². The molecule has 0 bridgehead atoms. The molecule has 1 aliphatic rings. The normalized spacial score (nSPS) is 17.5. The third-order valence-electron chi connectivity index (χ3n) is 8.26. The van der Waals surface area contributed by atoms with E-state index in [0.29, 0.717) is 29.9 Å². The topological polar surface area (TPSA) is 118 Å². The summed E-state index contributed by atoms with van der Waals surface area (Å²) in [6.07, 6.45) is 5.72. The van der Waals surface area contributed by atoms with Gasteiger partial charge in [-0.2, -0.15) is 0 Å². The van der Waals surface area contributed by atoms with E-state index in [1.54, 1.807) is 21.1 Å². The molecule has 10 heteroatoms. The van der Waals surface area contributed by atoms with Gasteiger partial charge in [-0.1, -0.05) is 54.6 Å².